The predicted octanol–water partition coefficient (Wildman–Crippen LogP) is 3.70. The van der Waals surface area contributed by atoms with E-state index in [1.165, 1.54) is 24.8 Å². The number of amidine groups is 1. The van der Waals surface area contributed by atoms with Gasteiger partial charge in [-0.05, 0) is 18.4 Å². The monoisotopic (exact) mass is 302 g/mol. The number of nitrogens with zero attached hydrogens (tertiary/aromatic N) is 2. The van der Waals surface area contributed by atoms with Crippen LogP contribution in [0.2, 0.25) is 0 Å². The topological polar surface area (TPSA) is 32.7 Å². The summed E-state index contributed by atoms with van der Waals surface area (Å²) in [6, 6.07) is 10.4. The number of rotatable bonds is 3. The molecule has 1 fully saturated rings. The molecule has 1 saturated carbocycles. The van der Waals surface area contributed by atoms with Crippen molar-refractivity contribution in [2.24, 2.45) is 10.9 Å². The molecular weight excluding hydrogens is 280 g/mol. The third-order valence-corrected chi connectivity index (χ3v) is 5.32. The molecule has 0 spiro atoms. The van der Waals surface area contributed by atoms with Crippen LogP contribution >= 0.6 is 11.8 Å². The third kappa shape index (κ3) is 3.67. The van der Waals surface area contributed by atoms with Crippen molar-refractivity contribution in [1.82, 2.24) is 4.90 Å². The van der Waals surface area contributed by atoms with Gasteiger partial charge in [-0.2, -0.15) is 0 Å². The highest BCUT2D eigenvalue weighted by Crippen LogP contribution is 2.28. The van der Waals surface area contributed by atoms with Gasteiger partial charge in [-0.1, -0.05) is 61.4 Å². The Morgan fingerprint density at radius 3 is 2.71 bits per heavy atom. The van der Waals surface area contributed by atoms with E-state index in [2.05, 4.69) is 29.3 Å². The summed E-state index contributed by atoms with van der Waals surface area (Å²) < 4.78 is 0. The van der Waals surface area contributed by atoms with E-state index in [1.54, 1.807) is 11.8 Å². The summed E-state index contributed by atoms with van der Waals surface area (Å²) in [6.45, 7) is 1.53. The number of carbonyl (C=O) groups excluding carboxylic acids is 1. The molecule has 0 aromatic heterocycles. The number of hydrogen-bond donors (Lipinski definition) is 0. The van der Waals surface area contributed by atoms with E-state index in [1.807, 2.05) is 11.0 Å². The number of thioether (sulfide) groups is 1. The molecule has 0 saturated heterocycles. The molecule has 3 rings (SSSR count). The van der Waals surface area contributed by atoms with Crippen LogP contribution in [0.1, 0.15) is 37.7 Å². The van der Waals surface area contributed by atoms with Gasteiger partial charge in [0.05, 0.1) is 6.54 Å². The van der Waals surface area contributed by atoms with Crippen LogP contribution in [0.5, 0.6) is 0 Å². The lowest BCUT2D eigenvalue weighted by molar-refractivity contribution is -0.132. The molecule has 0 atom stereocenters. The van der Waals surface area contributed by atoms with Crippen LogP contribution in [-0.4, -0.2) is 29.1 Å². The second-order valence-corrected chi connectivity index (χ2v) is 6.71. The summed E-state index contributed by atoms with van der Waals surface area (Å²) in [4.78, 5) is 19.1. The van der Waals surface area contributed by atoms with Crippen molar-refractivity contribution in [3.8, 4) is 0 Å². The van der Waals surface area contributed by atoms with Crippen molar-refractivity contribution in [3.63, 3.8) is 0 Å². The van der Waals surface area contributed by atoms with Gasteiger partial charge >= 0.3 is 0 Å². The Labute approximate surface area is 130 Å². The van der Waals surface area contributed by atoms with Crippen LogP contribution in [0, 0.1) is 5.92 Å². The van der Waals surface area contributed by atoms with Crippen molar-refractivity contribution in [2.45, 2.75) is 37.9 Å². The lowest BCUT2D eigenvalue weighted by Gasteiger charge is -2.26. The van der Waals surface area contributed by atoms with E-state index in [9.17, 15) is 4.79 Å². The second kappa shape index (κ2) is 7.12. The zero-order chi connectivity index (χ0) is 14.5. The van der Waals surface area contributed by atoms with Gasteiger partial charge in [0, 0.05) is 18.2 Å². The minimum atomic E-state index is 0.236. The zero-order valence-corrected chi connectivity index (χ0v) is 13.1. The van der Waals surface area contributed by atoms with Crippen molar-refractivity contribution in [1.29, 1.82) is 0 Å². The molecule has 1 heterocycles. The molecule has 0 bridgehead atoms. The third-order valence-electron chi connectivity index (χ3n) is 4.23. The molecule has 1 aromatic rings. The van der Waals surface area contributed by atoms with Crippen molar-refractivity contribution in [3.05, 3.63) is 35.9 Å². The highest BCUT2D eigenvalue weighted by atomic mass is 32.2. The maximum atomic E-state index is 12.7. The summed E-state index contributed by atoms with van der Waals surface area (Å²) in [5, 5.41) is 0.925. The highest BCUT2D eigenvalue weighted by molar-refractivity contribution is 8.13. The molecule has 3 nitrogen and oxygen atoms in total. The largest absolute Gasteiger partial charge is 0.289 e. The van der Waals surface area contributed by atoms with Crippen LogP contribution in [0.3, 0.4) is 0 Å². The molecule has 0 N–H and O–H groups in total. The highest BCUT2D eigenvalue weighted by Gasteiger charge is 2.30. The van der Waals surface area contributed by atoms with Gasteiger partial charge in [-0.3, -0.25) is 14.7 Å². The molecule has 1 amide bonds. The molecule has 112 valence electrons. The lowest BCUT2D eigenvalue weighted by atomic mass is 9.88. The lowest BCUT2D eigenvalue weighted by Crippen LogP contribution is -2.38. The molecule has 1 aliphatic carbocycles. The van der Waals surface area contributed by atoms with Gasteiger partial charge in [0.1, 0.15) is 0 Å². The summed E-state index contributed by atoms with van der Waals surface area (Å²) in [5.41, 5.74) is 1.28. The number of aliphatic imine (C=N–C) groups is 1. The molecule has 1 aromatic carbocycles. The minimum absolute atomic E-state index is 0.236. The van der Waals surface area contributed by atoms with Crippen molar-refractivity contribution < 1.29 is 4.79 Å². The van der Waals surface area contributed by atoms with Gasteiger partial charge in [-0.15, -0.1) is 0 Å². The van der Waals surface area contributed by atoms with Gasteiger partial charge in [0.15, 0.2) is 5.17 Å². The molecule has 0 unspecified atom stereocenters. The Morgan fingerprint density at radius 2 is 1.95 bits per heavy atom. The number of benzene rings is 1. The first kappa shape index (κ1) is 14.6. The fourth-order valence-electron chi connectivity index (χ4n) is 3.05. The van der Waals surface area contributed by atoms with Gasteiger partial charge in [0.2, 0.25) is 5.91 Å². The molecule has 2 aliphatic rings. The Morgan fingerprint density at radius 1 is 1.19 bits per heavy atom. The Kier molecular flexibility index (Phi) is 4.96. The van der Waals surface area contributed by atoms with E-state index in [0.717, 1.165) is 36.9 Å². The number of amides is 1. The summed E-state index contributed by atoms with van der Waals surface area (Å²) in [5.74, 6) is 1.43. The first-order valence-electron chi connectivity index (χ1n) is 7.87. The van der Waals surface area contributed by atoms with E-state index in [-0.39, 0.29) is 5.92 Å². The summed E-state index contributed by atoms with van der Waals surface area (Å²) in [6.07, 6.45) is 5.81. The number of carbonyl (C=O) groups is 1. The Hall–Kier alpha value is -1.29. The van der Waals surface area contributed by atoms with Crippen LogP contribution in [0.4, 0.5) is 0 Å². The normalized spacial score (nSPS) is 19.6. The van der Waals surface area contributed by atoms with E-state index < -0.39 is 0 Å². The van der Waals surface area contributed by atoms with Gasteiger partial charge in [0.25, 0.3) is 0 Å². The first-order chi connectivity index (χ1) is 10.3. The molecule has 1 aliphatic heterocycles. The van der Waals surface area contributed by atoms with Gasteiger partial charge < -0.3 is 0 Å². The smallest absolute Gasteiger partial charge is 0.231 e. The van der Waals surface area contributed by atoms with Crippen LogP contribution in [0.15, 0.2) is 35.3 Å². The summed E-state index contributed by atoms with van der Waals surface area (Å²) in [7, 11) is 0. The van der Waals surface area contributed by atoms with E-state index in [0.29, 0.717) is 5.91 Å². The van der Waals surface area contributed by atoms with Gasteiger partial charge in [-0.25, -0.2) is 0 Å². The maximum absolute atomic E-state index is 12.7. The van der Waals surface area contributed by atoms with Crippen molar-refractivity contribution >= 4 is 22.8 Å². The average molecular weight is 302 g/mol. The van der Waals surface area contributed by atoms with Crippen molar-refractivity contribution in [2.75, 3.05) is 13.1 Å². The second-order valence-electron chi connectivity index (χ2n) is 5.76. The Bertz CT molecular complexity index is 509. The first-order valence-corrected chi connectivity index (χ1v) is 8.86. The zero-order valence-electron chi connectivity index (χ0n) is 12.3. The predicted molar refractivity (Wildman–Crippen MR) is 88.3 cm³/mol. The minimum Gasteiger partial charge on any atom is -0.289 e. The molecule has 4 heteroatoms. The molecular formula is C17H22N2OS. The van der Waals surface area contributed by atoms with Crippen LogP contribution in [-0.2, 0) is 10.5 Å². The quantitative estimate of drug-likeness (QED) is 0.853. The molecule has 0 radical (unpaired) electrons. The summed E-state index contributed by atoms with van der Waals surface area (Å²) >= 11 is 1.69. The molecule has 21 heavy (non-hydrogen) atoms. The fourth-order valence-corrected chi connectivity index (χ4v) is 4.05. The SMILES string of the molecule is O=C(C1CCCCC1)N1CCN=C1SCc1ccccc1. The van der Waals surface area contributed by atoms with Crippen LogP contribution < -0.4 is 0 Å². The van der Waals surface area contributed by atoms with E-state index in [4.69, 9.17) is 0 Å². The van der Waals surface area contributed by atoms with Crippen LogP contribution in [0.25, 0.3) is 0 Å². The standard InChI is InChI=1S/C17H22N2OS/c20-16(15-9-5-2-6-10-15)19-12-11-18-17(19)21-13-14-7-3-1-4-8-14/h1,3-4,7-8,15H,2,5-6,9-13H2. The fraction of sp³-hybridized carbons (Fsp3) is 0.529. The van der Waals surface area contributed by atoms with E-state index >= 15 is 0 Å². The average Bonchev–Trinajstić information content (AvgIpc) is 3.02. The number of hydrogen-bond acceptors (Lipinski definition) is 3. The Balaban J connectivity index is 1.58. The maximum Gasteiger partial charge on any atom is 0.231 e.